The highest BCUT2D eigenvalue weighted by molar-refractivity contribution is 5.88. The fraction of sp³-hybridized carbons (Fsp3) is 0.400. The molecule has 2 aliphatic rings. The third kappa shape index (κ3) is 10.5. The summed E-state index contributed by atoms with van der Waals surface area (Å²) in [6.45, 7) is 14.1. The first-order valence-corrected chi connectivity index (χ1v) is 19.7. The maximum Gasteiger partial charge on any atom is 0.204 e. The zero-order chi connectivity index (χ0) is 37.0. The van der Waals surface area contributed by atoms with Crippen LogP contribution >= 0.6 is 0 Å². The van der Waals surface area contributed by atoms with Gasteiger partial charge in [-0.15, -0.1) is 0 Å². The van der Waals surface area contributed by atoms with E-state index in [0.717, 1.165) is 110 Å². The number of fused-ring (bicyclic) bond motifs is 1. The van der Waals surface area contributed by atoms with E-state index >= 15 is 0 Å². The molecule has 9 heteroatoms. The second kappa shape index (κ2) is 19.1. The van der Waals surface area contributed by atoms with Gasteiger partial charge in [0.15, 0.2) is 0 Å². The molecule has 4 aromatic carbocycles. The highest BCUT2D eigenvalue weighted by atomic mass is 16.5. The summed E-state index contributed by atoms with van der Waals surface area (Å²) in [7, 11) is 0. The van der Waals surface area contributed by atoms with Crippen LogP contribution in [-0.2, 0) is 13.1 Å². The van der Waals surface area contributed by atoms with E-state index in [0.29, 0.717) is 35.7 Å². The van der Waals surface area contributed by atoms with E-state index in [1.165, 1.54) is 23.5 Å². The van der Waals surface area contributed by atoms with Crippen molar-refractivity contribution in [3.8, 4) is 28.4 Å². The van der Waals surface area contributed by atoms with E-state index < -0.39 is 0 Å². The zero-order valence-corrected chi connectivity index (χ0v) is 31.4. The molecule has 0 amide bonds. The summed E-state index contributed by atoms with van der Waals surface area (Å²) in [6.07, 6.45) is 5.48. The predicted molar refractivity (Wildman–Crippen MR) is 215 cm³/mol. The molecule has 2 aliphatic heterocycles. The van der Waals surface area contributed by atoms with Crippen LogP contribution in [0, 0.1) is 0 Å². The van der Waals surface area contributed by atoms with Gasteiger partial charge in [-0.1, -0.05) is 72.8 Å². The summed E-state index contributed by atoms with van der Waals surface area (Å²) in [5.74, 6) is 1.12. The highest BCUT2D eigenvalue weighted by Gasteiger charge is 2.19. The molecule has 9 nitrogen and oxygen atoms in total. The molecule has 0 radical (unpaired) electrons. The van der Waals surface area contributed by atoms with Crippen LogP contribution in [0.3, 0.4) is 0 Å². The zero-order valence-electron chi connectivity index (χ0n) is 31.4. The van der Waals surface area contributed by atoms with Crippen LogP contribution in [0.4, 0.5) is 0 Å². The Hall–Kier alpha value is -4.67. The van der Waals surface area contributed by atoms with Crippen LogP contribution in [-0.4, -0.2) is 103 Å². The molecule has 1 N–H and O–H groups in total. The number of phenols is 1. The average Bonchev–Trinajstić information content (AvgIpc) is 3.20. The molecule has 1 aromatic heterocycles. The van der Waals surface area contributed by atoms with Crippen molar-refractivity contribution in [3.63, 3.8) is 0 Å². The molecule has 0 spiro atoms. The Balaban J connectivity index is 0.803. The van der Waals surface area contributed by atoms with E-state index in [9.17, 15) is 9.90 Å². The normalized spacial score (nSPS) is 16.1. The first-order chi connectivity index (χ1) is 26.6. The van der Waals surface area contributed by atoms with Gasteiger partial charge in [0.2, 0.25) is 5.43 Å². The number of ether oxygens (including phenoxy) is 2. The maximum absolute atomic E-state index is 13.5. The average molecular weight is 731 g/mol. The van der Waals surface area contributed by atoms with E-state index in [1.807, 2.05) is 24.3 Å². The van der Waals surface area contributed by atoms with Gasteiger partial charge in [0.1, 0.15) is 34.5 Å². The number of rotatable bonds is 17. The number of unbranched alkanes of at least 4 members (excludes halogenated alkanes) is 2. The van der Waals surface area contributed by atoms with E-state index in [2.05, 4.69) is 80.3 Å². The van der Waals surface area contributed by atoms with Gasteiger partial charge in [0.25, 0.3) is 0 Å². The Kier molecular flexibility index (Phi) is 13.3. The summed E-state index contributed by atoms with van der Waals surface area (Å²) in [5.41, 5.74) is 3.88. The second-order valence-electron chi connectivity index (χ2n) is 14.6. The minimum Gasteiger partial charge on any atom is -0.507 e. The van der Waals surface area contributed by atoms with Crippen molar-refractivity contribution in [2.45, 2.75) is 38.8 Å². The highest BCUT2D eigenvalue weighted by Crippen LogP contribution is 2.31. The third-order valence-corrected chi connectivity index (χ3v) is 10.7. The molecule has 7 rings (SSSR count). The first-order valence-electron chi connectivity index (χ1n) is 19.7. The molecule has 2 fully saturated rings. The van der Waals surface area contributed by atoms with Crippen molar-refractivity contribution in [1.29, 1.82) is 0 Å². The lowest BCUT2D eigenvalue weighted by molar-refractivity contribution is 0.124. The fourth-order valence-corrected chi connectivity index (χ4v) is 7.50. The standard InChI is InChI=1S/C45H54N4O5/c50-42-31-40(53-30-10-8-20-47-23-27-49(28-24-47)34-37-13-5-2-6-14-37)32-43-44(42)45(51)41(35-54-43)38-15-17-39(18-16-38)52-29-9-7-19-46-21-25-48(26-22-46)33-36-11-3-1-4-12-36/h1-6,11-18,31-32,35,50H,7-10,19-30,33-34H2. The molecule has 5 aromatic rings. The van der Waals surface area contributed by atoms with Crippen molar-refractivity contribution < 1.29 is 19.0 Å². The lowest BCUT2D eigenvalue weighted by Gasteiger charge is -2.34. The maximum atomic E-state index is 13.5. The quantitative estimate of drug-likeness (QED) is 0.101. The molecule has 3 heterocycles. The Morgan fingerprint density at radius 2 is 1.07 bits per heavy atom. The fourth-order valence-electron chi connectivity index (χ4n) is 7.50. The van der Waals surface area contributed by atoms with Crippen molar-refractivity contribution in [2.24, 2.45) is 0 Å². The van der Waals surface area contributed by atoms with E-state index in [-0.39, 0.29) is 16.6 Å². The number of hydrogen-bond acceptors (Lipinski definition) is 9. The molecule has 284 valence electrons. The van der Waals surface area contributed by atoms with Gasteiger partial charge in [-0.05, 0) is 67.6 Å². The lowest BCUT2D eigenvalue weighted by Crippen LogP contribution is -2.46. The summed E-state index contributed by atoms with van der Waals surface area (Å²) in [4.78, 5) is 23.6. The van der Waals surface area contributed by atoms with Crippen molar-refractivity contribution in [2.75, 3.05) is 78.7 Å². The summed E-state index contributed by atoms with van der Waals surface area (Å²) < 4.78 is 17.9. The topological polar surface area (TPSA) is 81.9 Å². The number of phenolic OH excluding ortho intramolecular Hbond substituents is 1. The SMILES string of the molecule is O=c1c(-c2ccc(OCCCCN3CCN(Cc4ccccc4)CC3)cc2)coc2cc(OCCCCN3CCN(Cc4ccccc4)CC3)cc(O)c12. The van der Waals surface area contributed by atoms with Gasteiger partial charge in [-0.2, -0.15) is 0 Å². The minimum atomic E-state index is -0.279. The van der Waals surface area contributed by atoms with Gasteiger partial charge in [-0.3, -0.25) is 14.6 Å². The molecule has 0 bridgehead atoms. The third-order valence-electron chi connectivity index (χ3n) is 10.7. The first kappa shape index (κ1) is 37.6. The van der Waals surface area contributed by atoms with Gasteiger partial charge in [-0.25, -0.2) is 0 Å². The van der Waals surface area contributed by atoms with Crippen LogP contribution in [0.1, 0.15) is 36.8 Å². The van der Waals surface area contributed by atoms with E-state index in [1.54, 1.807) is 6.07 Å². The number of benzene rings is 4. The van der Waals surface area contributed by atoms with Crippen LogP contribution < -0.4 is 14.9 Å². The van der Waals surface area contributed by atoms with Crippen LogP contribution in [0.5, 0.6) is 17.2 Å². The van der Waals surface area contributed by atoms with E-state index in [4.69, 9.17) is 13.9 Å². The van der Waals surface area contributed by atoms with Crippen molar-refractivity contribution in [3.05, 3.63) is 125 Å². The van der Waals surface area contributed by atoms with Gasteiger partial charge in [0, 0.05) is 77.6 Å². The number of nitrogens with zero attached hydrogens (tertiary/aromatic N) is 4. The van der Waals surface area contributed by atoms with Crippen LogP contribution in [0.25, 0.3) is 22.1 Å². The Morgan fingerprint density at radius 1 is 0.574 bits per heavy atom. The second-order valence-corrected chi connectivity index (χ2v) is 14.6. The van der Waals surface area contributed by atoms with Crippen molar-refractivity contribution in [1.82, 2.24) is 19.6 Å². The Morgan fingerprint density at radius 3 is 1.61 bits per heavy atom. The number of aromatic hydroxyl groups is 1. The Bertz CT molecular complexity index is 1940. The lowest BCUT2D eigenvalue weighted by atomic mass is 10.0. The molecule has 0 aliphatic carbocycles. The summed E-state index contributed by atoms with van der Waals surface area (Å²) in [5, 5.41) is 11.0. The smallest absolute Gasteiger partial charge is 0.204 e. The molecular formula is C45H54N4O5. The summed E-state index contributed by atoms with van der Waals surface area (Å²) >= 11 is 0. The summed E-state index contributed by atoms with van der Waals surface area (Å²) in [6, 6.07) is 32.1. The molecular weight excluding hydrogens is 677 g/mol. The van der Waals surface area contributed by atoms with Gasteiger partial charge >= 0.3 is 0 Å². The van der Waals surface area contributed by atoms with Gasteiger partial charge < -0.3 is 28.8 Å². The number of piperazine rings is 2. The largest absolute Gasteiger partial charge is 0.507 e. The Labute approximate surface area is 319 Å². The molecule has 0 unspecified atom stereocenters. The molecule has 0 saturated carbocycles. The van der Waals surface area contributed by atoms with Crippen LogP contribution in [0.15, 0.2) is 113 Å². The molecule has 54 heavy (non-hydrogen) atoms. The van der Waals surface area contributed by atoms with Gasteiger partial charge in [0.05, 0.1) is 18.8 Å². The predicted octanol–water partition coefficient (Wildman–Crippen LogP) is 7.12. The van der Waals surface area contributed by atoms with Crippen LogP contribution in [0.2, 0.25) is 0 Å². The molecule has 2 saturated heterocycles. The molecule has 0 atom stereocenters. The monoisotopic (exact) mass is 730 g/mol. The van der Waals surface area contributed by atoms with Crippen molar-refractivity contribution >= 4 is 11.0 Å². The minimum absolute atomic E-state index is 0.138. The number of hydrogen-bond donors (Lipinski definition) is 1.